The summed E-state index contributed by atoms with van der Waals surface area (Å²) in [6, 6.07) is 8.90. The molecule has 7 nitrogen and oxygen atoms in total. The van der Waals surface area contributed by atoms with Crippen molar-refractivity contribution in [2.24, 2.45) is 4.99 Å². The normalized spacial score (nSPS) is 16.9. The summed E-state index contributed by atoms with van der Waals surface area (Å²) >= 11 is 5.83. The predicted octanol–water partition coefficient (Wildman–Crippen LogP) is 2.70. The van der Waals surface area contributed by atoms with E-state index in [1.807, 2.05) is 12.1 Å². The number of aliphatic imine (C=N–C) groups is 1. The van der Waals surface area contributed by atoms with E-state index in [2.05, 4.69) is 19.8 Å². The van der Waals surface area contributed by atoms with Crippen LogP contribution in [0, 0.1) is 10.1 Å². The number of nitro groups is 1. The molecule has 0 aliphatic carbocycles. The minimum atomic E-state index is -0.367. The Hall–Kier alpha value is -2.51. The summed E-state index contributed by atoms with van der Waals surface area (Å²) in [7, 11) is 0. The highest BCUT2D eigenvalue weighted by atomic mass is 35.5. The summed E-state index contributed by atoms with van der Waals surface area (Å²) in [6.07, 6.45) is 1.79. The van der Waals surface area contributed by atoms with Gasteiger partial charge in [-0.2, -0.15) is 0 Å². The Kier molecular flexibility index (Phi) is 5.05. The van der Waals surface area contributed by atoms with E-state index in [1.54, 1.807) is 18.3 Å². The molecule has 8 heteroatoms. The van der Waals surface area contributed by atoms with E-state index in [4.69, 9.17) is 11.6 Å². The summed E-state index contributed by atoms with van der Waals surface area (Å²) < 4.78 is 0. The van der Waals surface area contributed by atoms with E-state index in [0.29, 0.717) is 12.4 Å². The molecule has 1 aromatic heterocycles. The maximum atomic E-state index is 11.1. The number of non-ortho nitro benzene ring substituents is 1. The van der Waals surface area contributed by atoms with Gasteiger partial charge in [-0.05, 0) is 23.8 Å². The van der Waals surface area contributed by atoms with Gasteiger partial charge in [-0.1, -0.05) is 0 Å². The predicted molar refractivity (Wildman–Crippen MR) is 106 cm³/mol. The monoisotopic (exact) mass is 385 g/mol. The van der Waals surface area contributed by atoms with Crippen molar-refractivity contribution in [2.75, 3.05) is 43.5 Å². The van der Waals surface area contributed by atoms with Crippen LogP contribution in [0.2, 0.25) is 0 Å². The van der Waals surface area contributed by atoms with Gasteiger partial charge in [-0.3, -0.25) is 20.0 Å². The Labute approximate surface area is 162 Å². The molecule has 0 N–H and O–H groups in total. The van der Waals surface area contributed by atoms with E-state index in [1.165, 1.54) is 6.07 Å². The van der Waals surface area contributed by atoms with E-state index >= 15 is 0 Å². The Morgan fingerprint density at radius 3 is 2.70 bits per heavy atom. The molecule has 3 heterocycles. The highest BCUT2D eigenvalue weighted by molar-refractivity contribution is 6.18. The van der Waals surface area contributed by atoms with Crippen LogP contribution in [0.3, 0.4) is 0 Å². The van der Waals surface area contributed by atoms with Gasteiger partial charge in [0.25, 0.3) is 5.69 Å². The molecule has 1 aromatic carbocycles. The van der Waals surface area contributed by atoms with Crippen molar-refractivity contribution in [1.82, 2.24) is 9.88 Å². The van der Waals surface area contributed by atoms with Gasteiger partial charge in [0.15, 0.2) is 0 Å². The second-order valence-corrected chi connectivity index (χ2v) is 7.06. The number of nitrogens with zero attached hydrogens (tertiary/aromatic N) is 5. The molecule has 27 heavy (non-hydrogen) atoms. The first kappa shape index (κ1) is 17.9. The third-order valence-corrected chi connectivity index (χ3v) is 5.25. The zero-order valence-corrected chi connectivity index (χ0v) is 15.6. The van der Waals surface area contributed by atoms with Gasteiger partial charge in [0.2, 0.25) is 0 Å². The van der Waals surface area contributed by atoms with Crippen molar-refractivity contribution >= 4 is 28.8 Å². The fourth-order valence-corrected chi connectivity index (χ4v) is 3.83. The van der Waals surface area contributed by atoms with Crippen molar-refractivity contribution < 1.29 is 4.92 Å². The number of piperazine rings is 1. The lowest BCUT2D eigenvalue weighted by atomic mass is 10.00. The zero-order valence-electron chi connectivity index (χ0n) is 14.8. The second kappa shape index (κ2) is 7.62. The molecule has 2 aromatic rings. The van der Waals surface area contributed by atoms with Crippen LogP contribution in [0.1, 0.15) is 16.7 Å². The van der Waals surface area contributed by atoms with Crippen LogP contribution in [0.4, 0.5) is 11.5 Å². The lowest BCUT2D eigenvalue weighted by Gasteiger charge is -2.35. The van der Waals surface area contributed by atoms with Crippen molar-refractivity contribution in [3.8, 4) is 0 Å². The molecule has 0 radical (unpaired) electrons. The Balaban J connectivity index is 1.57. The number of alkyl halides is 1. The Morgan fingerprint density at radius 2 is 1.96 bits per heavy atom. The number of aromatic nitrogens is 1. The molecule has 0 atom stereocenters. The van der Waals surface area contributed by atoms with Crippen LogP contribution in [0.5, 0.6) is 0 Å². The van der Waals surface area contributed by atoms with Gasteiger partial charge < -0.3 is 4.90 Å². The van der Waals surface area contributed by atoms with Crippen LogP contribution in [0.15, 0.2) is 41.5 Å². The summed E-state index contributed by atoms with van der Waals surface area (Å²) in [6.45, 7) is 5.21. The molecule has 0 amide bonds. The van der Waals surface area contributed by atoms with Gasteiger partial charge in [-0.15, -0.1) is 11.6 Å². The highest BCUT2D eigenvalue weighted by Gasteiger charge is 2.23. The number of halogens is 1. The highest BCUT2D eigenvalue weighted by Crippen LogP contribution is 2.28. The average Bonchev–Trinajstić information content (AvgIpc) is 3.12. The Bertz CT molecular complexity index is 893. The molecule has 2 aliphatic heterocycles. The van der Waals surface area contributed by atoms with E-state index in [9.17, 15) is 10.1 Å². The third-order valence-electron chi connectivity index (χ3n) is 5.08. The number of benzene rings is 1. The summed E-state index contributed by atoms with van der Waals surface area (Å²) in [5, 5.41) is 11.1. The van der Waals surface area contributed by atoms with Gasteiger partial charge in [0.1, 0.15) is 5.82 Å². The Morgan fingerprint density at radius 1 is 1.15 bits per heavy atom. The van der Waals surface area contributed by atoms with Gasteiger partial charge in [0.05, 0.1) is 17.2 Å². The average molecular weight is 386 g/mol. The number of fused-ring (bicyclic) bond motifs is 1. The van der Waals surface area contributed by atoms with Crippen LogP contribution < -0.4 is 4.90 Å². The standard InChI is InChI=1S/C19H20ClN5O2/c20-4-6-23-7-9-24(10-8-23)18-11-14(3-5-21-18)19-17-12-16(25(26)27)2-1-15(17)13-22-19/h1-3,5,11-12H,4,6-10,13H2. The lowest BCUT2D eigenvalue weighted by molar-refractivity contribution is -0.384. The molecular formula is C19H20ClN5O2. The summed E-state index contributed by atoms with van der Waals surface area (Å²) in [5.74, 6) is 1.57. The van der Waals surface area contributed by atoms with Crippen LogP contribution in [0.25, 0.3) is 0 Å². The number of rotatable bonds is 5. The zero-order chi connectivity index (χ0) is 18.8. The molecule has 2 aliphatic rings. The molecular weight excluding hydrogens is 366 g/mol. The maximum absolute atomic E-state index is 11.1. The van der Waals surface area contributed by atoms with Gasteiger partial charge in [0, 0.05) is 68.1 Å². The van der Waals surface area contributed by atoms with Crippen molar-refractivity contribution in [1.29, 1.82) is 0 Å². The van der Waals surface area contributed by atoms with E-state index in [0.717, 1.165) is 60.9 Å². The molecule has 140 valence electrons. The number of hydrogen-bond acceptors (Lipinski definition) is 6. The van der Waals surface area contributed by atoms with E-state index < -0.39 is 0 Å². The fraction of sp³-hybridized carbons (Fsp3) is 0.368. The molecule has 1 saturated heterocycles. The van der Waals surface area contributed by atoms with Crippen molar-refractivity contribution in [3.63, 3.8) is 0 Å². The number of hydrogen-bond donors (Lipinski definition) is 0. The minimum Gasteiger partial charge on any atom is -0.354 e. The topological polar surface area (TPSA) is 74.9 Å². The molecule has 0 spiro atoms. The van der Waals surface area contributed by atoms with E-state index in [-0.39, 0.29) is 10.6 Å². The molecule has 1 fully saturated rings. The number of nitro benzene ring substituents is 1. The fourth-order valence-electron chi connectivity index (χ4n) is 3.59. The van der Waals surface area contributed by atoms with Gasteiger partial charge >= 0.3 is 0 Å². The number of anilines is 1. The van der Waals surface area contributed by atoms with Crippen LogP contribution >= 0.6 is 11.6 Å². The molecule has 0 bridgehead atoms. The first-order chi connectivity index (χ1) is 13.2. The largest absolute Gasteiger partial charge is 0.354 e. The third kappa shape index (κ3) is 3.65. The van der Waals surface area contributed by atoms with Crippen molar-refractivity contribution in [2.45, 2.75) is 6.54 Å². The quantitative estimate of drug-likeness (QED) is 0.449. The summed E-state index contributed by atoms with van der Waals surface area (Å²) in [4.78, 5) is 24.5. The van der Waals surface area contributed by atoms with Crippen LogP contribution in [-0.2, 0) is 6.54 Å². The minimum absolute atomic E-state index is 0.0908. The van der Waals surface area contributed by atoms with Crippen molar-refractivity contribution in [3.05, 3.63) is 63.3 Å². The lowest BCUT2D eigenvalue weighted by Crippen LogP contribution is -2.47. The smallest absolute Gasteiger partial charge is 0.270 e. The molecule has 0 saturated carbocycles. The van der Waals surface area contributed by atoms with Gasteiger partial charge in [-0.25, -0.2) is 4.98 Å². The van der Waals surface area contributed by atoms with Crippen LogP contribution in [-0.4, -0.2) is 59.1 Å². The first-order valence-electron chi connectivity index (χ1n) is 8.97. The maximum Gasteiger partial charge on any atom is 0.270 e. The molecule has 0 unspecified atom stereocenters. The SMILES string of the molecule is O=[N+]([O-])c1ccc2c(c1)C(c1ccnc(N3CCN(CCCl)CC3)c1)=NC2. The second-order valence-electron chi connectivity index (χ2n) is 6.68. The first-order valence-corrected chi connectivity index (χ1v) is 9.51. The molecule has 4 rings (SSSR count). The number of pyridine rings is 1. The summed E-state index contributed by atoms with van der Waals surface area (Å²) in [5.41, 5.74) is 3.70.